The summed E-state index contributed by atoms with van der Waals surface area (Å²) in [4.78, 5) is 12.5. The summed E-state index contributed by atoms with van der Waals surface area (Å²) in [6.45, 7) is 4.90. The van der Waals surface area contributed by atoms with Crippen molar-refractivity contribution in [3.05, 3.63) is 24.3 Å². The summed E-state index contributed by atoms with van der Waals surface area (Å²) in [5.41, 5.74) is 5.22. The summed E-state index contributed by atoms with van der Waals surface area (Å²) in [5, 5.41) is 2.84. The number of hydrogen-bond acceptors (Lipinski definition) is 5. The molecule has 7 heteroatoms. The minimum atomic E-state index is -3.21. The van der Waals surface area contributed by atoms with Crippen molar-refractivity contribution in [3.8, 4) is 5.75 Å². The summed E-state index contributed by atoms with van der Waals surface area (Å²) in [5.74, 6) is 0.503. The number of hydrogen-bond donors (Lipinski definition) is 2. The Labute approximate surface area is 138 Å². The van der Waals surface area contributed by atoms with Crippen LogP contribution in [-0.2, 0) is 14.6 Å². The van der Waals surface area contributed by atoms with Gasteiger partial charge in [0.2, 0.25) is 5.91 Å². The molecule has 0 saturated heterocycles. The molecule has 23 heavy (non-hydrogen) atoms. The molecular formula is C16H26N2O4S. The van der Waals surface area contributed by atoms with Gasteiger partial charge in [-0.15, -0.1) is 0 Å². The number of carbonyl (C=O) groups is 1. The molecule has 1 amide bonds. The number of benzene rings is 1. The highest BCUT2D eigenvalue weighted by molar-refractivity contribution is 7.90. The van der Waals surface area contributed by atoms with Gasteiger partial charge in [0.25, 0.3) is 0 Å². The highest BCUT2D eigenvalue weighted by Crippen LogP contribution is 2.24. The SMILES string of the molecule is CCC(CC)(CN)C(=O)NCCOc1ccc(S(C)(=O)=O)cc1. The standard InChI is InChI=1S/C16H26N2O4S/c1-4-16(5-2,12-17)15(19)18-10-11-22-13-6-8-14(9-7-13)23(3,20)21/h6-9H,4-5,10-12,17H2,1-3H3,(H,18,19). The Morgan fingerprint density at radius 2 is 1.78 bits per heavy atom. The third-order valence-corrected chi connectivity index (χ3v) is 5.26. The Bertz CT molecular complexity index is 599. The van der Waals surface area contributed by atoms with Gasteiger partial charge >= 0.3 is 0 Å². The smallest absolute Gasteiger partial charge is 0.227 e. The quantitative estimate of drug-likeness (QED) is 0.660. The molecule has 3 N–H and O–H groups in total. The summed E-state index contributed by atoms with van der Waals surface area (Å²) in [7, 11) is -3.21. The van der Waals surface area contributed by atoms with E-state index in [2.05, 4.69) is 5.32 Å². The lowest BCUT2D eigenvalue weighted by atomic mass is 9.81. The second-order valence-corrected chi connectivity index (χ2v) is 7.56. The molecule has 0 aliphatic carbocycles. The van der Waals surface area contributed by atoms with E-state index >= 15 is 0 Å². The number of rotatable bonds is 9. The van der Waals surface area contributed by atoms with Crippen molar-refractivity contribution in [2.24, 2.45) is 11.1 Å². The van der Waals surface area contributed by atoms with Crippen LogP contribution in [0.2, 0.25) is 0 Å². The van der Waals surface area contributed by atoms with Crippen molar-refractivity contribution in [3.63, 3.8) is 0 Å². The van der Waals surface area contributed by atoms with Gasteiger partial charge in [0.15, 0.2) is 9.84 Å². The van der Waals surface area contributed by atoms with Crippen molar-refractivity contribution >= 4 is 15.7 Å². The predicted molar refractivity (Wildman–Crippen MR) is 90.1 cm³/mol. The zero-order valence-electron chi connectivity index (χ0n) is 14.0. The molecule has 0 unspecified atom stereocenters. The maximum absolute atomic E-state index is 12.2. The number of carbonyl (C=O) groups excluding carboxylic acids is 1. The Balaban J connectivity index is 2.47. The van der Waals surface area contributed by atoms with Crippen molar-refractivity contribution in [1.29, 1.82) is 0 Å². The first-order valence-corrected chi connectivity index (χ1v) is 9.59. The van der Waals surface area contributed by atoms with E-state index in [9.17, 15) is 13.2 Å². The first kappa shape index (κ1) is 19.4. The van der Waals surface area contributed by atoms with Crippen LogP contribution in [0.1, 0.15) is 26.7 Å². The topological polar surface area (TPSA) is 98.5 Å². The lowest BCUT2D eigenvalue weighted by Crippen LogP contribution is -2.46. The average molecular weight is 342 g/mol. The van der Waals surface area contributed by atoms with Crippen LogP contribution in [0.15, 0.2) is 29.2 Å². The highest BCUT2D eigenvalue weighted by atomic mass is 32.2. The molecule has 0 heterocycles. The van der Waals surface area contributed by atoms with E-state index in [1.165, 1.54) is 12.1 Å². The molecule has 0 aliphatic heterocycles. The second-order valence-electron chi connectivity index (χ2n) is 5.54. The van der Waals surface area contributed by atoms with Crippen molar-refractivity contribution in [2.45, 2.75) is 31.6 Å². The fourth-order valence-corrected chi connectivity index (χ4v) is 2.89. The van der Waals surface area contributed by atoms with E-state index < -0.39 is 15.3 Å². The fourth-order valence-electron chi connectivity index (χ4n) is 2.26. The minimum absolute atomic E-state index is 0.0546. The van der Waals surface area contributed by atoms with Crippen LogP contribution in [-0.4, -0.2) is 40.3 Å². The zero-order valence-corrected chi connectivity index (χ0v) is 14.8. The predicted octanol–water partition coefficient (Wildman–Crippen LogP) is 1.35. The van der Waals surface area contributed by atoms with E-state index in [-0.39, 0.29) is 10.8 Å². The van der Waals surface area contributed by atoms with Crippen molar-refractivity contribution in [1.82, 2.24) is 5.32 Å². The number of nitrogens with one attached hydrogen (secondary N) is 1. The van der Waals surface area contributed by atoms with Gasteiger partial charge in [-0.05, 0) is 37.1 Å². The molecule has 0 saturated carbocycles. The van der Waals surface area contributed by atoms with Crippen LogP contribution in [0.5, 0.6) is 5.75 Å². The molecular weight excluding hydrogens is 316 g/mol. The lowest BCUT2D eigenvalue weighted by molar-refractivity contribution is -0.131. The maximum Gasteiger partial charge on any atom is 0.227 e. The van der Waals surface area contributed by atoms with Gasteiger partial charge in [0.1, 0.15) is 12.4 Å². The largest absolute Gasteiger partial charge is 0.492 e. The molecule has 0 atom stereocenters. The summed E-state index contributed by atoms with van der Waals surface area (Å²) >= 11 is 0. The third kappa shape index (κ3) is 5.21. The molecule has 0 aliphatic rings. The molecule has 0 radical (unpaired) electrons. The van der Waals surface area contributed by atoms with Crippen LogP contribution in [0.25, 0.3) is 0 Å². The van der Waals surface area contributed by atoms with E-state index in [0.29, 0.717) is 38.3 Å². The van der Waals surface area contributed by atoms with Crippen LogP contribution < -0.4 is 15.8 Å². The third-order valence-electron chi connectivity index (χ3n) is 4.13. The molecule has 1 rings (SSSR count). The average Bonchev–Trinajstić information content (AvgIpc) is 2.53. The Morgan fingerprint density at radius 3 is 2.22 bits per heavy atom. The Hall–Kier alpha value is -1.60. The number of nitrogens with two attached hydrogens (primary N) is 1. The first-order chi connectivity index (χ1) is 10.8. The number of amides is 1. The monoisotopic (exact) mass is 342 g/mol. The second kappa shape index (κ2) is 8.31. The molecule has 0 bridgehead atoms. The van der Waals surface area contributed by atoms with Gasteiger partial charge in [-0.25, -0.2) is 8.42 Å². The number of ether oxygens (including phenoxy) is 1. The fraction of sp³-hybridized carbons (Fsp3) is 0.562. The van der Waals surface area contributed by atoms with E-state index in [4.69, 9.17) is 10.5 Å². The molecule has 1 aromatic rings. The number of sulfone groups is 1. The highest BCUT2D eigenvalue weighted by Gasteiger charge is 2.32. The van der Waals surface area contributed by atoms with Crippen LogP contribution in [0.3, 0.4) is 0 Å². The van der Waals surface area contributed by atoms with Gasteiger partial charge in [-0.2, -0.15) is 0 Å². The molecule has 1 aromatic carbocycles. The molecule has 0 aromatic heterocycles. The first-order valence-electron chi connectivity index (χ1n) is 7.70. The summed E-state index contributed by atoms with van der Waals surface area (Å²) < 4.78 is 28.2. The summed E-state index contributed by atoms with van der Waals surface area (Å²) in [6, 6.07) is 6.19. The van der Waals surface area contributed by atoms with E-state index in [1.807, 2.05) is 13.8 Å². The maximum atomic E-state index is 12.2. The van der Waals surface area contributed by atoms with E-state index in [1.54, 1.807) is 12.1 Å². The van der Waals surface area contributed by atoms with E-state index in [0.717, 1.165) is 6.26 Å². The Morgan fingerprint density at radius 1 is 1.22 bits per heavy atom. The van der Waals surface area contributed by atoms with Crippen LogP contribution in [0, 0.1) is 5.41 Å². The van der Waals surface area contributed by atoms with Gasteiger partial charge < -0.3 is 15.8 Å². The molecule has 6 nitrogen and oxygen atoms in total. The molecule has 0 fully saturated rings. The lowest BCUT2D eigenvalue weighted by Gasteiger charge is -2.28. The van der Waals surface area contributed by atoms with Gasteiger partial charge in [0.05, 0.1) is 16.9 Å². The molecule has 0 spiro atoms. The molecule has 130 valence electrons. The van der Waals surface area contributed by atoms with Crippen molar-refractivity contribution < 1.29 is 17.9 Å². The Kier molecular flexibility index (Phi) is 7.02. The summed E-state index contributed by atoms with van der Waals surface area (Å²) in [6.07, 6.45) is 2.54. The van der Waals surface area contributed by atoms with Gasteiger partial charge in [0, 0.05) is 12.8 Å². The van der Waals surface area contributed by atoms with Crippen molar-refractivity contribution in [2.75, 3.05) is 26.0 Å². The minimum Gasteiger partial charge on any atom is -0.492 e. The van der Waals surface area contributed by atoms with Gasteiger partial charge in [-0.3, -0.25) is 4.79 Å². The van der Waals surface area contributed by atoms with Crippen LogP contribution in [0.4, 0.5) is 0 Å². The van der Waals surface area contributed by atoms with Crippen LogP contribution >= 0.6 is 0 Å². The zero-order chi connectivity index (χ0) is 17.5. The normalized spacial score (nSPS) is 12.0. The van der Waals surface area contributed by atoms with Gasteiger partial charge in [-0.1, -0.05) is 13.8 Å².